The summed E-state index contributed by atoms with van der Waals surface area (Å²) in [5.74, 6) is 0.935. The summed E-state index contributed by atoms with van der Waals surface area (Å²) < 4.78 is 5.58. The summed E-state index contributed by atoms with van der Waals surface area (Å²) in [6.45, 7) is 3.24. The van der Waals surface area contributed by atoms with Crippen LogP contribution in [0.5, 0.6) is 5.75 Å². The van der Waals surface area contributed by atoms with Gasteiger partial charge in [0.2, 0.25) is 0 Å². The van der Waals surface area contributed by atoms with Gasteiger partial charge in [0.1, 0.15) is 5.75 Å². The van der Waals surface area contributed by atoms with Crippen LogP contribution in [0.3, 0.4) is 0 Å². The van der Waals surface area contributed by atoms with Crippen molar-refractivity contribution in [1.29, 1.82) is 0 Å². The molecule has 0 heterocycles. The molecule has 2 aromatic rings. The molecular weight excluding hydrogens is 186 g/mol. The van der Waals surface area contributed by atoms with Gasteiger partial charge in [-0.3, -0.25) is 0 Å². The van der Waals surface area contributed by atoms with Crippen molar-refractivity contribution in [3.8, 4) is 5.75 Å². The first kappa shape index (κ1) is 9.99. The fourth-order valence-electron chi connectivity index (χ4n) is 1.81. The number of nitrogens with two attached hydrogens (primary N) is 1. The number of hydrogen-bond donors (Lipinski definition) is 1. The van der Waals surface area contributed by atoms with Crippen molar-refractivity contribution in [3.63, 3.8) is 0 Å². The molecule has 0 fully saturated rings. The van der Waals surface area contributed by atoms with Crippen molar-refractivity contribution in [1.82, 2.24) is 0 Å². The second-order valence-electron chi connectivity index (χ2n) is 3.41. The average Bonchev–Trinajstić information content (AvgIpc) is 2.29. The lowest BCUT2D eigenvalue weighted by molar-refractivity contribution is 0.344. The highest BCUT2D eigenvalue weighted by molar-refractivity contribution is 5.90. The summed E-state index contributed by atoms with van der Waals surface area (Å²) in [6, 6.07) is 12.2. The van der Waals surface area contributed by atoms with Crippen LogP contribution in [0, 0.1) is 0 Å². The van der Waals surface area contributed by atoms with E-state index in [0.717, 1.165) is 16.7 Å². The molecule has 0 amide bonds. The van der Waals surface area contributed by atoms with Gasteiger partial charge in [-0.25, -0.2) is 0 Å². The smallest absolute Gasteiger partial charge is 0.127 e. The van der Waals surface area contributed by atoms with E-state index in [1.165, 1.54) is 5.39 Å². The van der Waals surface area contributed by atoms with Crippen LogP contribution in [0.15, 0.2) is 36.4 Å². The normalized spacial score (nSPS) is 10.5. The van der Waals surface area contributed by atoms with Gasteiger partial charge in [0, 0.05) is 11.9 Å². The quantitative estimate of drug-likeness (QED) is 0.828. The van der Waals surface area contributed by atoms with Crippen LogP contribution in [0.25, 0.3) is 10.8 Å². The Hall–Kier alpha value is -1.54. The van der Waals surface area contributed by atoms with Crippen LogP contribution in [-0.2, 0) is 6.54 Å². The zero-order valence-corrected chi connectivity index (χ0v) is 8.86. The lowest BCUT2D eigenvalue weighted by Crippen LogP contribution is -1.98. The molecule has 2 N–H and O–H groups in total. The van der Waals surface area contributed by atoms with Gasteiger partial charge in [-0.1, -0.05) is 30.3 Å². The molecule has 0 spiro atoms. The maximum Gasteiger partial charge on any atom is 0.127 e. The highest BCUT2D eigenvalue weighted by Gasteiger charge is 2.03. The lowest BCUT2D eigenvalue weighted by atomic mass is 10.0. The van der Waals surface area contributed by atoms with Crippen molar-refractivity contribution < 1.29 is 4.74 Å². The summed E-state index contributed by atoms with van der Waals surface area (Å²) in [7, 11) is 0. The zero-order chi connectivity index (χ0) is 10.7. The van der Waals surface area contributed by atoms with E-state index in [0.29, 0.717) is 13.2 Å². The molecule has 0 saturated carbocycles. The van der Waals surface area contributed by atoms with Gasteiger partial charge in [0.15, 0.2) is 0 Å². The molecule has 78 valence electrons. The van der Waals surface area contributed by atoms with E-state index in [1.807, 2.05) is 25.1 Å². The Morgan fingerprint density at radius 3 is 2.53 bits per heavy atom. The summed E-state index contributed by atoms with van der Waals surface area (Å²) >= 11 is 0. The molecule has 0 aliphatic heterocycles. The van der Waals surface area contributed by atoms with E-state index in [9.17, 15) is 0 Å². The molecule has 2 aromatic carbocycles. The summed E-state index contributed by atoms with van der Waals surface area (Å²) in [5, 5.41) is 2.33. The number of benzene rings is 2. The van der Waals surface area contributed by atoms with Crippen molar-refractivity contribution in [2.75, 3.05) is 6.61 Å². The third-order valence-electron chi connectivity index (χ3n) is 2.49. The fourth-order valence-corrected chi connectivity index (χ4v) is 1.81. The van der Waals surface area contributed by atoms with Crippen LogP contribution in [0.2, 0.25) is 0 Å². The van der Waals surface area contributed by atoms with E-state index in [1.54, 1.807) is 0 Å². The Kier molecular flexibility index (Phi) is 2.88. The molecule has 0 radical (unpaired) electrons. The second-order valence-corrected chi connectivity index (χ2v) is 3.41. The van der Waals surface area contributed by atoms with Crippen molar-refractivity contribution >= 4 is 10.8 Å². The van der Waals surface area contributed by atoms with Gasteiger partial charge < -0.3 is 10.5 Å². The highest BCUT2D eigenvalue weighted by Crippen LogP contribution is 2.27. The first-order valence-corrected chi connectivity index (χ1v) is 5.20. The second kappa shape index (κ2) is 4.32. The maximum atomic E-state index is 5.70. The summed E-state index contributed by atoms with van der Waals surface area (Å²) in [5.41, 5.74) is 6.86. The number of hydrogen-bond acceptors (Lipinski definition) is 2. The molecule has 15 heavy (non-hydrogen) atoms. The van der Waals surface area contributed by atoms with Crippen LogP contribution in [0.1, 0.15) is 12.5 Å². The Bertz CT molecular complexity index is 465. The molecule has 2 nitrogen and oxygen atoms in total. The van der Waals surface area contributed by atoms with Crippen molar-refractivity contribution in [2.45, 2.75) is 13.5 Å². The first-order chi connectivity index (χ1) is 7.36. The third-order valence-corrected chi connectivity index (χ3v) is 2.49. The minimum absolute atomic E-state index is 0.562. The first-order valence-electron chi connectivity index (χ1n) is 5.20. The Balaban J connectivity index is 2.65. The Morgan fingerprint density at radius 1 is 1.07 bits per heavy atom. The van der Waals surface area contributed by atoms with Crippen LogP contribution in [-0.4, -0.2) is 6.61 Å². The molecule has 0 aliphatic carbocycles. The largest absolute Gasteiger partial charge is 0.493 e. The van der Waals surface area contributed by atoms with E-state index in [-0.39, 0.29) is 0 Å². The molecule has 2 heteroatoms. The van der Waals surface area contributed by atoms with Crippen LogP contribution >= 0.6 is 0 Å². The van der Waals surface area contributed by atoms with Gasteiger partial charge in [0.25, 0.3) is 0 Å². The van der Waals surface area contributed by atoms with Gasteiger partial charge in [0.05, 0.1) is 6.61 Å². The predicted octanol–water partition coefficient (Wildman–Crippen LogP) is 2.70. The standard InChI is InChI=1S/C13H15NO/c1-2-15-13-8-4-6-11-10(9-14)5-3-7-12(11)13/h3-8H,2,9,14H2,1H3. The maximum absolute atomic E-state index is 5.70. The molecule has 0 bridgehead atoms. The lowest BCUT2D eigenvalue weighted by Gasteiger charge is -2.09. The Morgan fingerprint density at radius 2 is 1.80 bits per heavy atom. The van der Waals surface area contributed by atoms with E-state index in [4.69, 9.17) is 10.5 Å². The number of fused-ring (bicyclic) bond motifs is 1. The van der Waals surface area contributed by atoms with Gasteiger partial charge >= 0.3 is 0 Å². The minimum atomic E-state index is 0.562. The molecule has 0 unspecified atom stereocenters. The Labute approximate surface area is 89.7 Å². The number of ether oxygens (including phenoxy) is 1. The highest BCUT2D eigenvalue weighted by atomic mass is 16.5. The molecular formula is C13H15NO. The molecule has 2 rings (SSSR count). The topological polar surface area (TPSA) is 35.2 Å². The van der Waals surface area contributed by atoms with Crippen LogP contribution < -0.4 is 10.5 Å². The SMILES string of the molecule is CCOc1cccc2c(CN)cccc12. The average molecular weight is 201 g/mol. The van der Waals surface area contributed by atoms with E-state index >= 15 is 0 Å². The van der Waals surface area contributed by atoms with Gasteiger partial charge in [-0.05, 0) is 23.9 Å². The number of rotatable bonds is 3. The van der Waals surface area contributed by atoms with Crippen molar-refractivity contribution in [2.24, 2.45) is 5.73 Å². The van der Waals surface area contributed by atoms with E-state index in [2.05, 4.69) is 18.2 Å². The van der Waals surface area contributed by atoms with Crippen LogP contribution in [0.4, 0.5) is 0 Å². The summed E-state index contributed by atoms with van der Waals surface area (Å²) in [6.07, 6.45) is 0. The predicted molar refractivity (Wildman–Crippen MR) is 63.0 cm³/mol. The molecule has 0 aliphatic rings. The molecule has 0 saturated heterocycles. The fraction of sp³-hybridized carbons (Fsp3) is 0.231. The van der Waals surface area contributed by atoms with Crippen molar-refractivity contribution in [3.05, 3.63) is 42.0 Å². The summed E-state index contributed by atoms with van der Waals surface area (Å²) in [4.78, 5) is 0. The van der Waals surface area contributed by atoms with Gasteiger partial charge in [-0.15, -0.1) is 0 Å². The zero-order valence-electron chi connectivity index (χ0n) is 8.86. The van der Waals surface area contributed by atoms with Gasteiger partial charge in [-0.2, -0.15) is 0 Å². The molecule has 0 atom stereocenters. The minimum Gasteiger partial charge on any atom is -0.493 e. The monoisotopic (exact) mass is 201 g/mol. The third kappa shape index (κ3) is 1.81. The molecule has 0 aromatic heterocycles. The van der Waals surface area contributed by atoms with E-state index < -0.39 is 0 Å².